The van der Waals surface area contributed by atoms with E-state index < -0.39 is 26.6 Å². The van der Waals surface area contributed by atoms with Gasteiger partial charge in [0.15, 0.2) is 0 Å². The van der Waals surface area contributed by atoms with Crippen LogP contribution in [0, 0.1) is 5.41 Å². The van der Waals surface area contributed by atoms with Gasteiger partial charge in [0.2, 0.25) is 15.9 Å². The molecular weight excluding hydrogens is 625 g/mol. The average molecular weight is 673 g/mol. The zero-order chi connectivity index (χ0) is 33.5. The molecule has 4 heterocycles. The van der Waals surface area contributed by atoms with Crippen LogP contribution >= 0.6 is 0 Å². The number of carbonyl (C=O) groups is 2. The summed E-state index contributed by atoms with van der Waals surface area (Å²) in [6.45, 7) is 5.58. The molecule has 4 fully saturated rings. The number of hydrogen-bond acceptors (Lipinski definition) is 6. The second kappa shape index (κ2) is 11.6. The molecule has 2 unspecified atom stereocenters. The van der Waals surface area contributed by atoms with Gasteiger partial charge in [0.1, 0.15) is 5.75 Å². The third-order valence-corrected chi connectivity index (χ3v) is 14.0. The van der Waals surface area contributed by atoms with Gasteiger partial charge >= 0.3 is 0 Å². The molecule has 2 aliphatic carbocycles. The van der Waals surface area contributed by atoms with Crippen molar-refractivity contribution < 1.29 is 22.7 Å². The first kappa shape index (κ1) is 31.9. The third kappa shape index (κ3) is 4.99. The molecular formula is C38H48N4O5S. The Morgan fingerprint density at radius 3 is 2.50 bits per heavy atom. The molecule has 0 radical (unpaired) electrons. The minimum Gasteiger partial charge on any atom is -0.497 e. The Kier molecular flexibility index (Phi) is 7.71. The molecule has 3 aliphatic heterocycles. The largest absolute Gasteiger partial charge is 0.497 e. The molecule has 2 saturated carbocycles. The van der Waals surface area contributed by atoms with Gasteiger partial charge in [-0.15, -0.1) is 0 Å². The average Bonchev–Trinajstić information content (AvgIpc) is 3.63. The molecule has 1 aromatic heterocycles. The number of ether oxygens (including phenoxy) is 1. The SMILES string of the molecule is COc1ccc2c(c1)[C@@H]1C[C@]1(C(=O)N1C3CCC1CN(C)CC3)Cn1c-2c(C2CCCCC2)c2ccc(C(=O)NS(=O)(=O)C(C)C)cc21. The van der Waals surface area contributed by atoms with Gasteiger partial charge in [0.05, 0.1) is 23.5 Å². The fourth-order valence-electron chi connectivity index (χ4n) is 9.56. The van der Waals surface area contributed by atoms with Crippen molar-refractivity contribution in [3.8, 4) is 17.0 Å². The normalized spacial score (nSPS) is 27.2. The van der Waals surface area contributed by atoms with Gasteiger partial charge < -0.3 is 19.1 Å². The number of amides is 2. The Labute approximate surface area is 284 Å². The molecule has 8 rings (SSSR count). The Morgan fingerprint density at radius 2 is 1.75 bits per heavy atom. The molecule has 9 nitrogen and oxygen atoms in total. The maximum Gasteiger partial charge on any atom is 0.264 e. The van der Waals surface area contributed by atoms with Gasteiger partial charge in [-0.05, 0) is 113 Å². The summed E-state index contributed by atoms with van der Waals surface area (Å²) in [6.07, 6.45) is 9.70. The molecule has 10 heteroatoms. The maximum absolute atomic E-state index is 15.1. The lowest BCUT2D eigenvalue weighted by atomic mass is 9.81. The number of likely N-dealkylation sites (N-methyl/N-ethyl adjacent to an activating group) is 1. The number of carbonyl (C=O) groups excluding carboxylic acids is 2. The molecule has 2 aromatic carbocycles. The van der Waals surface area contributed by atoms with Crippen LogP contribution in [0.5, 0.6) is 5.75 Å². The zero-order valence-electron chi connectivity index (χ0n) is 28.6. The zero-order valence-corrected chi connectivity index (χ0v) is 29.4. The van der Waals surface area contributed by atoms with Crippen molar-refractivity contribution in [1.82, 2.24) is 19.1 Å². The highest BCUT2D eigenvalue weighted by Gasteiger charge is 2.65. The molecule has 0 spiro atoms. The lowest BCUT2D eigenvalue weighted by Crippen LogP contribution is -2.47. The van der Waals surface area contributed by atoms with Crippen LogP contribution in [0.3, 0.4) is 0 Å². The van der Waals surface area contributed by atoms with Crippen molar-refractivity contribution in [3.63, 3.8) is 0 Å². The molecule has 2 bridgehead atoms. The number of nitrogens with one attached hydrogen (secondary N) is 1. The molecule has 2 amide bonds. The Bertz CT molecular complexity index is 1910. The number of fused-ring (bicyclic) bond motifs is 9. The van der Waals surface area contributed by atoms with Crippen molar-refractivity contribution >= 4 is 32.7 Å². The van der Waals surface area contributed by atoms with E-state index in [0.29, 0.717) is 18.0 Å². The first-order chi connectivity index (χ1) is 23.0. The van der Waals surface area contributed by atoms with E-state index >= 15 is 4.79 Å². The predicted molar refractivity (Wildman–Crippen MR) is 187 cm³/mol. The second-order valence-corrected chi connectivity index (χ2v) is 17.7. The summed E-state index contributed by atoms with van der Waals surface area (Å²) in [5.74, 6) is 0.890. The van der Waals surface area contributed by atoms with Crippen molar-refractivity contribution in [2.24, 2.45) is 5.41 Å². The number of nitrogens with zero attached hydrogens (tertiary/aromatic N) is 3. The van der Waals surface area contributed by atoms with Crippen molar-refractivity contribution in [1.29, 1.82) is 0 Å². The van der Waals surface area contributed by atoms with Crippen molar-refractivity contribution in [3.05, 3.63) is 53.1 Å². The Hall–Kier alpha value is -3.37. The van der Waals surface area contributed by atoms with Crippen LogP contribution in [0.25, 0.3) is 22.2 Å². The first-order valence-corrected chi connectivity index (χ1v) is 19.5. The van der Waals surface area contributed by atoms with Gasteiger partial charge in [-0.1, -0.05) is 25.3 Å². The van der Waals surface area contributed by atoms with E-state index in [1.807, 2.05) is 18.2 Å². The first-order valence-electron chi connectivity index (χ1n) is 17.9. The number of sulfonamides is 1. The highest BCUT2D eigenvalue weighted by molar-refractivity contribution is 7.90. The molecule has 4 atom stereocenters. The standard InChI is InChI=1S/C38H48N4O5S/c1-23(2)48(45,46)39-36(43)25-10-14-30-33(18-25)41-22-38(37(44)42-26-11-12-27(42)21-40(3)17-16-26)20-32(38)31-19-28(47-4)13-15-29(31)35(41)34(30)24-8-6-5-7-9-24/h10,13-15,18-19,23-24,26-27,32H,5-9,11-12,16-17,20-22H2,1-4H3,(H,39,43)/t26?,27?,32-,38-/m0/s1. The summed E-state index contributed by atoms with van der Waals surface area (Å²) in [5, 5.41) is 0.369. The second-order valence-electron chi connectivity index (χ2n) is 15.5. The van der Waals surface area contributed by atoms with E-state index in [9.17, 15) is 13.2 Å². The van der Waals surface area contributed by atoms with Gasteiger partial charge in [0.25, 0.3) is 5.91 Å². The highest BCUT2D eigenvalue weighted by atomic mass is 32.2. The Balaban J connectivity index is 1.32. The third-order valence-electron chi connectivity index (χ3n) is 12.3. The van der Waals surface area contributed by atoms with E-state index in [2.05, 4.69) is 38.3 Å². The minimum absolute atomic E-state index is 0.0762. The van der Waals surface area contributed by atoms with Crippen LogP contribution in [0.1, 0.15) is 105 Å². The highest BCUT2D eigenvalue weighted by Crippen LogP contribution is 2.66. The monoisotopic (exact) mass is 672 g/mol. The van der Waals surface area contributed by atoms with Gasteiger partial charge in [-0.25, -0.2) is 13.1 Å². The topological polar surface area (TPSA) is 101 Å². The summed E-state index contributed by atoms with van der Waals surface area (Å²) in [5.41, 5.74) is 5.41. The molecule has 2 saturated heterocycles. The summed E-state index contributed by atoms with van der Waals surface area (Å²) in [7, 11) is 0.0681. The minimum atomic E-state index is -3.80. The van der Waals surface area contributed by atoms with Crippen LogP contribution in [-0.4, -0.2) is 79.2 Å². The molecule has 5 aliphatic rings. The molecule has 3 aromatic rings. The van der Waals surface area contributed by atoms with Crippen LogP contribution in [0.2, 0.25) is 0 Å². The van der Waals surface area contributed by atoms with Gasteiger partial charge in [-0.3, -0.25) is 9.59 Å². The lowest BCUT2D eigenvalue weighted by Gasteiger charge is -2.33. The number of benzene rings is 2. The number of aromatic nitrogens is 1. The van der Waals surface area contributed by atoms with Crippen molar-refractivity contribution in [2.75, 3.05) is 27.2 Å². The van der Waals surface area contributed by atoms with Crippen LogP contribution in [0.15, 0.2) is 36.4 Å². The van der Waals surface area contributed by atoms with Crippen LogP contribution < -0.4 is 9.46 Å². The fourth-order valence-corrected chi connectivity index (χ4v) is 10.2. The summed E-state index contributed by atoms with van der Waals surface area (Å²) >= 11 is 0. The Morgan fingerprint density at radius 1 is 0.979 bits per heavy atom. The van der Waals surface area contributed by atoms with E-state index in [1.54, 1.807) is 27.0 Å². The van der Waals surface area contributed by atoms with E-state index in [0.717, 1.165) is 79.5 Å². The molecule has 1 N–H and O–H groups in total. The smallest absolute Gasteiger partial charge is 0.264 e. The lowest BCUT2D eigenvalue weighted by molar-refractivity contribution is -0.140. The number of methoxy groups -OCH3 is 1. The van der Waals surface area contributed by atoms with Crippen molar-refractivity contribution in [2.45, 2.75) is 107 Å². The van der Waals surface area contributed by atoms with Crippen LogP contribution in [0.4, 0.5) is 0 Å². The summed E-state index contributed by atoms with van der Waals surface area (Å²) in [6, 6.07) is 12.5. The number of likely N-dealkylation sites (tertiary alicyclic amines) is 1. The van der Waals surface area contributed by atoms with E-state index in [4.69, 9.17) is 4.74 Å². The number of hydrogen-bond donors (Lipinski definition) is 1. The number of rotatable bonds is 6. The van der Waals surface area contributed by atoms with Gasteiger partial charge in [-0.2, -0.15) is 0 Å². The summed E-state index contributed by atoms with van der Waals surface area (Å²) in [4.78, 5) is 33.2. The van der Waals surface area contributed by atoms with Gasteiger partial charge in [0, 0.05) is 53.1 Å². The van der Waals surface area contributed by atoms with E-state index in [-0.39, 0.29) is 23.9 Å². The van der Waals surface area contributed by atoms with Crippen LogP contribution in [-0.2, 0) is 21.4 Å². The summed E-state index contributed by atoms with van der Waals surface area (Å²) < 4.78 is 35.8. The quantitative estimate of drug-likeness (QED) is 0.344. The molecule has 256 valence electrons. The fraction of sp³-hybridized carbons (Fsp3) is 0.579. The maximum atomic E-state index is 15.1. The predicted octanol–water partition coefficient (Wildman–Crippen LogP) is 6.02. The molecule has 48 heavy (non-hydrogen) atoms. The van der Waals surface area contributed by atoms with E-state index in [1.165, 1.54) is 30.4 Å².